The van der Waals surface area contributed by atoms with Gasteiger partial charge in [-0.25, -0.2) is 8.78 Å². The molecule has 2 fully saturated rings. The number of rotatable bonds is 4. The topological polar surface area (TPSA) is 67.6 Å². The molecular formula is C30H27Cl2F2N3O2. The number of benzene rings is 3. The van der Waals surface area contributed by atoms with E-state index < -0.39 is 35.1 Å². The molecule has 2 saturated heterocycles. The Kier molecular flexibility index (Phi) is 6.87. The largest absolute Gasteiger partial charge is 0.508 e. The van der Waals surface area contributed by atoms with Crippen molar-refractivity contribution in [3.63, 3.8) is 0 Å². The van der Waals surface area contributed by atoms with Gasteiger partial charge in [-0.05, 0) is 47.7 Å². The van der Waals surface area contributed by atoms with Crippen molar-refractivity contribution in [3.8, 4) is 11.8 Å². The predicted molar refractivity (Wildman–Crippen MR) is 147 cm³/mol. The monoisotopic (exact) mass is 569 g/mol. The lowest BCUT2D eigenvalue weighted by Gasteiger charge is -2.40. The number of nitrogens with zero attached hydrogens (tertiary/aromatic N) is 3. The fourth-order valence-electron chi connectivity index (χ4n) is 6.25. The molecule has 2 aliphatic rings. The fraction of sp³-hybridized carbons (Fsp3) is 0.333. The Morgan fingerprint density at radius 2 is 1.82 bits per heavy atom. The number of amides is 1. The van der Waals surface area contributed by atoms with Crippen LogP contribution in [0, 0.1) is 28.4 Å². The molecule has 1 N–H and O–H groups in total. The molecule has 5 rings (SSSR count). The van der Waals surface area contributed by atoms with Crippen LogP contribution in [0.2, 0.25) is 10.0 Å². The molecule has 0 saturated carbocycles. The molecule has 2 aliphatic heterocycles. The number of phenolic OH excluding ortho intramolecular Hbond substituents is 1. The minimum absolute atomic E-state index is 0.00866. The van der Waals surface area contributed by atoms with Crippen LogP contribution in [-0.4, -0.2) is 34.7 Å². The van der Waals surface area contributed by atoms with Gasteiger partial charge in [-0.2, -0.15) is 5.26 Å². The Labute approximate surface area is 236 Å². The van der Waals surface area contributed by atoms with Crippen LogP contribution in [0.1, 0.15) is 44.2 Å². The lowest BCUT2D eigenvalue weighted by atomic mass is 9.62. The van der Waals surface area contributed by atoms with Gasteiger partial charge in [-0.3, -0.25) is 14.6 Å². The fourth-order valence-corrected chi connectivity index (χ4v) is 6.59. The first kappa shape index (κ1) is 27.4. The van der Waals surface area contributed by atoms with Crippen molar-refractivity contribution in [2.75, 3.05) is 11.6 Å². The smallest absolute Gasteiger partial charge is 0.246 e. The molecule has 3 aromatic rings. The number of carbonyl (C=O) groups is 1. The maximum absolute atomic E-state index is 15.8. The van der Waals surface area contributed by atoms with E-state index >= 15 is 8.78 Å². The molecule has 9 heteroatoms. The van der Waals surface area contributed by atoms with Gasteiger partial charge in [0.2, 0.25) is 5.91 Å². The summed E-state index contributed by atoms with van der Waals surface area (Å²) in [5.74, 6) is -2.94. The molecule has 0 unspecified atom stereocenters. The van der Waals surface area contributed by atoms with E-state index in [4.69, 9.17) is 23.2 Å². The molecule has 39 heavy (non-hydrogen) atoms. The quantitative estimate of drug-likeness (QED) is 0.366. The van der Waals surface area contributed by atoms with E-state index in [2.05, 4.69) is 6.07 Å². The highest BCUT2D eigenvalue weighted by Gasteiger charge is 2.67. The molecule has 5 nitrogen and oxygen atoms in total. The number of fused-ring (bicyclic) bond motifs is 1. The van der Waals surface area contributed by atoms with Crippen LogP contribution in [0.25, 0.3) is 0 Å². The third kappa shape index (κ3) is 4.45. The van der Waals surface area contributed by atoms with Gasteiger partial charge in [0.05, 0.1) is 17.8 Å². The zero-order valence-corrected chi connectivity index (χ0v) is 23.1. The summed E-state index contributed by atoms with van der Waals surface area (Å²) < 4.78 is 31.6. The summed E-state index contributed by atoms with van der Waals surface area (Å²) >= 11 is 12.3. The molecule has 0 spiro atoms. The van der Waals surface area contributed by atoms with E-state index in [-0.39, 0.29) is 44.9 Å². The number of aromatic hydroxyl groups is 1. The summed E-state index contributed by atoms with van der Waals surface area (Å²) in [6, 6.07) is 15.6. The molecule has 0 radical (unpaired) electrons. The first-order valence-corrected chi connectivity index (χ1v) is 13.3. The van der Waals surface area contributed by atoms with E-state index in [9.17, 15) is 15.2 Å². The normalized spacial score (nSPS) is 25.1. The average molecular weight is 570 g/mol. The molecule has 1 amide bonds. The third-order valence-corrected chi connectivity index (χ3v) is 8.27. The van der Waals surface area contributed by atoms with Gasteiger partial charge in [0.25, 0.3) is 0 Å². The Morgan fingerprint density at radius 1 is 1.10 bits per heavy atom. The summed E-state index contributed by atoms with van der Waals surface area (Å²) in [7, 11) is 0. The van der Waals surface area contributed by atoms with Crippen molar-refractivity contribution >= 4 is 34.8 Å². The maximum atomic E-state index is 15.8. The second-order valence-electron chi connectivity index (χ2n) is 11.4. The summed E-state index contributed by atoms with van der Waals surface area (Å²) in [4.78, 5) is 17.6. The molecule has 3 aromatic carbocycles. The van der Waals surface area contributed by atoms with Crippen molar-refractivity contribution in [2.24, 2.45) is 5.41 Å². The molecule has 2 heterocycles. The molecule has 0 bridgehead atoms. The van der Waals surface area contributed by atoms with E-state index in [1.807, 2.05) is 25.7 Å². The second kappa shape index (κ2) is 9.78. The van der Waals surface area contributed by atoms with Crippen LogP contribution >= 0.6 is 23.2 Å². The number of halogens is 4. The minimum atomic E-state index is -1.65. The predicted octanol–water partition coefficient (Wildman–Crippen LogP) is 7.02. The maximum Gasteiger partial charge on any atom is 0.246 e. The molecule has 0 aromatic heterocycles. The number of nitriles is 1. The summed E-state index contributed by atoms with van der Waals surface area (Å²) in [5, 5.41) is 21.1. The number of phenols is 1. The Hall–Kier alpha value is -3.18. The van der Waals surface area contributed by atoms with Crippen LogP contribution in [-0.2, 0) is 10.2 Å². The van der Waals surface area contributed by atoms with Crippen molar-refractivity contribution < 1.29 is 18.7 Å². The number of anilines is 1. The van der Waals surface area contributed by atoms with Crippen LogP contribution < -0.4 is 4.90 Å². The zero-order chi connectivity index (χ0) is 28.3. The average Bonchev–Trinajstić information content (AvgIpc) is 3.32. The van der Waals surface area contributed by atoms with Crippen molar-refractivity contribution in [3.05, 3.63) is 93.5 Å². The van der Waals surface area contributed by atoms with Gasteiger partial charge in [0.15, 0.2) is 0 Å². The lowest BCUT2D eigenvalue weighted by molar-refractivity contribution is -0.119. The highest BCUT2D eigenvalue weighted by Crippen LogP contribution is 2.58. The Morgan fingerprint density at radius 3 is 2.46 bits per heavy atom. The van der Waals surface area contributed by atoms with E-state index in [1.165, 1.54) is 41.3 Å². The first-order chi connectivity index (χ1) is 18.4. The van der Waals surface area contributed by atoms with Gasteiger partial charge in [-0.15, -0.1) is 0 Å². The van der Waals surface area contributed by atoms with Gasteiger partial charge in [0, 0.05) is 34.3 Å². The Balaban J connectivity index is 1.80. The number of carbonyl (C=O) groups excluding carboxylic acids is 1. The molecule has 0 aliphatic carbocycles. The van der Waals surface area contributed by atoms with Crippen LogP contribution in [0.5, 0.6) is 5.75 Å². The first-order valence-electron chi connectivity index (χ1n) is 12.6. The van der Waals surface area contributed by atoms with Gasteiger partial charge >= 0.3 is 0 Å². The van der Waals surface area contributed by atoms with E-state index in [1.54, 1.807) is 18.2 Å². The lowest BCUT2D eigenvalue weighted by Crippen LogP contribution is -2.48. The van der Waals surface area contributed by atoms with E-state index in [0.29, 0.717) is 12.1 Å². The number of hydrogen-bond donors (Lipinski definition) is 1. The van der Waals surface area contributed by atoms with Gasteiger partial charge in [0.1, 0.15) is 28.8 Å². The van der Waals surface area contributed by atoms with Crippen LogP contribution in [0.15, 0.2) is 60.7 Å². The summed E-state index contributed by atoms with van der Waals surface area (Å²) in [6.45, 7) is 6.08. The highest BCUT2D eigenvalue weighted by molar-refractivity contribution is 6.31. The van der Waals surface area contributed by atoms with Crippen LogP contribution in [0.4, 0.5) is 14.5 Å². The molecular weight excluding hydrogens is 543 g/mol. The summed E-state index contributed by atoms with van der Waals surface area (Å²) in [5.41, 5.74) is -1.41. The second-order valence-corrected chi connectivity index (χ2v) is 12.2. The highest BCUT2D eigenvalue weighted by atomic mass is 35.5. The van der Waals surface area contributed by atoms with Crippen molar-refractivity contribution in [1.29, 1.82) is 5.26 Å². The standard InChI is InChI=1S/C30H27Cl2F2N3O2/c1-29(2,3)14-24-30(15-35,21-11-10-17(31)12-23(21)33)25(20-8-5-9-22(32)26(20)34)27-28(39)36(16-37(24)27)18-6-4-7-19(38)13-18/h4-13,24-25,27,38H,14,16H2,1-3H3/t24-,25-,27+,30-/m0/s1. The molecule has 202 valence electrons. The Bertz CT molecular complexity index is 1500. The minimum Gasteiger partial charge on any atom is -0.508 e. The molecule has 4 atom stereocenters. The SMILES string of the molecule is CC(C)(C)C[C@@H]1N2CN(c3cccc(O)c3)C(=O)[C@H]2[C@H](c2cccc(Cl)c2F)[C@@]1(C#N)c1ccc(Cl)cc1F. The van der Waals surface area contributed by atoms with Crippen molar-refractivity contribution in [2.45, 2.75) is 50.6 Å². The van der Waals surface area contributed by atoms with Gasteiger partial charge < -0.3 is 5.11 Å². The number of hydrogen-bond acceptors (Lipinski definition) is 4. The van der Waals surface area contributed by atoms with Crippen molar-refractivity contribution in [1.82, 2.24) is 4.90 Å². The summed E-state index contributed by atoms with van der Waals surface area (Å²) in [6.07, 6.45) is 0.402. The van der Waals surface area contributed by atoms with Gasteiger partial charge in [-0.1, -0.05) is 68.2 Å². The third-order valence-electron chi connectivity index (χ3n) is 7.74. The van der Waals surface area contributed by atoms with E-state index in [0.717, 1.165) is 6.07 Å². The zero-order valence-electron chi connectivity index (χ0n) is 21.6. The van der Waals surface area contributed by atoms with Crippen LogP contribution in [0.3, 0.4) is 0 Å².